The molecule has 2 bridgehead atoms. The summed E-state index contributed by atoms with van der Waals surface area (Å²) in [4.78, 5) is 34.9. The molecule has 4 aliphatic carbocycles. The summed E-state index contributed by atoms with van der Waals surface area (Å²) >= 11 is 0. The average molecular weight is 288 g/mol. The Bertz CT molecular complexity index is 629. The minimum atomic E-state index is -0.390. The molecular weight excluding hydrogens is 272 g/mol. The van der Waals surface area contributed by atoms with Crippen LogP contribution in [0.25, 0.3) is 0 Å². The highest BCUT2D eigenvalue weighted by Crippen LogP contribution is 2.63. The lowest BCUT2D eigenvalue weighted by Crippen LogP contribution is -2.55. The van der Waals surface area contributed by atoms with E-state index in [-0.39, 0.29) is 53.4 Å². The maximum atomic E-state index is 12.0. The second kappa shape index (κ2) is 4.06. The van der Waals surface area contributed by atoms with Crippen molar-refractivity contribution in [3.63, 3.8) is 0 Å². The number of hydrogen-bond donors (Lipinski definition) is 0. The van der Waals surface area contributed by atoms with Crippen LogP contribution in [0.5, 0.6) is 0 Å². The van der Waals surface area contributed by atoms with Gasteiger partial charge in [0, 0.05) is 6.92 Å². The molecule has 0 unspecified atom stereocenters. The van der Waals surface area contributed by atoms with Crippen molar-refractivity contribution in [2.24, 2.45) is 35.5 Å². The largest absolute Gasteiger partial charge is 0.461 e. The van der Waals surface area contributed by atoms with Gasteiger partial charge in [0.25, 0.3) is 0 Å². The van der Waals surface area contributed by atoms with E-state index in [1.54, 1.807) is 0 Å². The maximum absolute atomic E-state index is 12.0. The molecule has 1 saturated heterocycles. The summed E-state index contributed by atoms with van der Waals surface area (Å²) < 4.78 is 9.99. The highest BCUT2D eigenvalue weighted by Gasteiger charge is 2.65. The summed E-state index contributed by atoms with van der Waals surface area (Å²) in [6.45, 7) is 3.72. The van der Waals surface area contributed by atoms with Gasteiger partial charge in [0.15, 0.2) is 0 Å². The van der Waals surface area contributed by atoms with Crippen LogP contribution in [0.4, 0.5) is 0 Å². The van der Waals surface area contributed by atoms with Crippen LogP contribution < -0.4 is 0 Å². The Hall–Kier alpha value is -1.91. The summed E-state index contributed by atoms with van der Waals surface area (Å²) in [5, 5.41) is 0. The van der Waals surface area contributed by atoms with Crippen molar-refractivity contribution in [1.82, 2.24) is 0 Å². The van der Waals surface area contributed by atoms with Gasteiger partial charge in [-0.25, -0.2) is 0 Å². The van der Waals surface area contributed by atoms with Gasteiger partial charge >= 0.3 is 17.9 Å². The summed E-state index contributed by atoms with van der Waals surface area (Å²) in [7, 11) is 0. The molecule has 6 atom stereocenters. The molecule has 0 aromatic rings. The number of cyclic esters (lactones) is 2. The molecule has 0 radical (unpaired) electrons. The fraction of sp³-hybridized carbons (Fsp3) is 0.562. The van der Waals surface area contributed by atoms with E-state index in [2.05, 4.69) is 6.08 Å². The van der Waals surface area contributed by atoms with E-state index in [1.807, 2.05) is 13.0 Å². The Kier molecular flexibility index (Phi) is 2.47. The molecule has 5 nitrogen and oxygen atoms in total. The van der Waals surface area contributed by atoms with Gasteiger partial charge in [-0.1, -0.05) is 17.7 Å². The molecule has 0 amide bonds. The van der Waals surface area contributed by atoms with Crippen molar-refractivity contribution >= 4 is 17.9 Å². The van der Waals surface area contributed by atoms with Crippen molar-refractivity contribution in [2.45, 2.75) is 13.8 Å². The number of rotatable bonds is 2. The van der Waals surface area contributed by atoms with E-state index >= 15 is 0 Å². The molecule has 0 aromatic heterocycles. The molecule has 5 aliphatic rings. The van der Waals surface area contributed by atoms with Gasteiger partial charge in [0.2, 0.25) is 0 Å². The first kappa shape index (κ1) is 12.8. The first-order valence-electron chi connectivity index (χ1n) is 7.27. The molecule has 21 heavy (non-hydrogen) atoms. The number of allylic oxidation sites excluding steroid dienone is 3. The van der Waals surface area contributed by atoms with Crippen molar-refractivity contribution in [1.29, 1.82) is 0 Å². The SMILES string of the molecule is CC(=O)OCC1=C(C)[C@@H]2[C@H]3C=C[C@H]([C@@H]12)[C@@H]1C(=O)OC(=O)[C@@H]31. The fourth-order valence-corrected chi connectivity index (χ4v) is 4.76. The van der Waals surface area contributed by atoms with E-state index < -0.39 is 0 Å². The van der Waals surface area contributed by atoms with Crippen LogP contribution in [0.2, 0.25) is 0 Å². The molecular formula is C16H16O5. The van der Waals surface area contributed by atoms with Crippen LogP contribution in [0.15, 0.2) is 23.3 Å². The number of carbonyl (C=O) groups excluding carboxylic acids is 3. The van der Waals surface area contributed by atoms with Crippen LogP contribution in [0.1, 0.15) is 13.8 Å². The zero-order valence-electron chi connectivity index (χ0n) is 11.9. The Morgan fingerprint density at radius 3 is 2.24 bits per heavy atom. The fourth-order valence-electron chi connectivity index (χ4n) is 4.76. The molecule has 5 rings (SSSR count). The number of ether oxygens (including phenoxy) is 2. The molecule has 1 heterocycles. The standard InChI is InChI=1S/C16H16O5/c1-6-10(5-20-7(2)17)12-9-4-3-8(11(6)12)13-14(9)16(19)21-15(13)18/h3-4,8-9,11-14H,5H2,1-2H3/t8-,9-,11-,12+,13+,14+/m1/s1. The highest BCUT2D eigenvalue weighted by molar-refractivity contribution is 5.98. The van der Waals surface area contributed by atoms with Gasteiger partial charge < -0.3 is 9.47 Å². The summed E-state index contributed by atoms with van der Waals surface area (Å²) in [5.74, 6) is -1.20. The Balaban J connectivity index is 1.68. The third kappa shape index (κ3) is 1.49. The Labute approximate surface area is 122 Å². The Morgan fingerprint density at radius 1 is 1.10 bits per heavy atom. The minimum absolute atomic E-state index is 0.00166. The highest BCUT2D eigenvalue weighted by atomic mass is 16.6. The van der Waals surface area contributed by atoms with Gasteiger partial charge in [-0.15, -0.1) is 0 Å². The molecule has 1 saturated carbocycles. The third-order valence-electron chi connectivity index (χ3n) is 5.57. The van der Waals surface area contributed by atoms with E-state index in [0.717, 1.165) is 5.57 Å². The van der Waals surface area contributed by atoms with Crippen molar-refractivity contribution in [3.05, 3.63) is 23.3 Å². The molecule has 1 aliphatic heterocycles. The van der Waals surface area contributed by atoms with Gasteiger partial charge in [-0.2, -0.15) is 0 Å². The monoisotopic (exact) mass is 288 g/mol. The predicted octanol–water partition coefficient (Wildman–Crippen LogP) is 1.24. The van der Waals surface area contributed by atoms with E-state index in [4.69, 9.17) is 9.47 Å². The first-order valence-corrected chi connectivity index (χ1v) is 7.27. The first-order chi connectivity index (χ1) is 10.0. The minimum Gasteiger partial charge on any atom is -0.461 e. The average Bonchev–Trinajstić information content (AvgIpc) is 2.75. The molecule has 110 valence electrons. The lowest BCUT2D eigenvalue weighted by Gasteiger charge is -2.56. The van der Waals surface area contributed by atoms with Crippen molar-refractivity contribution in [2.75, 3.05) is 6.61 Å². The van der Waals surface area contributed by atoms with Crippen molar-refractivity contribution in [3.8, 4) is 0 Å². The summed E-state index contributed by atoms with van der Waals surface area (Å²) in [5.41, 5.74) is 2.31. The lowest BCUT2D eigenvalue weighted by molar-refractivity contribution is -0.154. The van der Waals surface area contributed by atoms with Crippen molar-refractivity contribution < 1.29 is 23.9 Å². The zero-order chi connectivity index (χ0) is 14.9. The maximum Gasteiger partial charge on any atom is 0.318 e. The topological polar surface area (TPSA) is 69.7 Å². The van der Waals surface area contributed by atoms with E-state index in [1.165, 1.54) is 12.5 Å². The van der Waals surface area contributed by atoms with Crippen LogP contribution in [-0.2, 0) is 23.9 Å². The normalized spacial score (nSPS) is 42.4. The van der Waals surface area contributed by atoms with Gasteiger partial charge in [-0.3, -0.25) is 14.4 Å². The second-order valence-corrected chi connectivity index (χ2v) is 6.37. The van der Waals surface area contributed by atoms with E-state index in [9.17, 15) is 14.4 Å². The second-order valence-electron chi connectivity index (χ2n) is 6.37. The zero-order valence-corrected chi connectivity index (χ0v) is 11.9. The molecule has 5 heteroatoms. The molecule has 2 fully saturated rings. The third-order valence-corrected chi connectivity index (χ3v) is 5.57. The molecule has 0 N–H and O–H groups in total. The van der Waals surface area contributed by atoms with Gasteiger partial charge in [0.05, 0.1) is 11.8 Å². The summed E-state index contributed by atoms with van der Waals surface area (Å²) in [6.07, 6.45) is 4.12. The number of carbonyl (C=O) groups is 3. The van der Waals surface area contributed by atoms with Gasteiger partial charge in [0.1, 0.15) is 6.61 Å². The quantitative estimate of drug-likeness (QED) is 0.434. The molecule has 0 aromatic carbocycles. The molecule has 0 spiro atoms. The predicted molar refractivity (Wildman–Crippen MR) is 70.5 cm³/mol. The van der Waals surface area contributed by atoms with E-state index in [0.29, 0.717) is 6.61 Å². The van der Waals surface area contributed by atoms with Crippen LogP contribution in [0, 0.1) is 35.5 Å². The van der Waals surface area contributed by atoms with Crippen LogP contribution in [-0.4, -0.2) is 24.5 Å². The summed E-state index contributed by atoms with van der Waals surface area (Å²) in [6, 6.07) is 0. The lowest BCUT2D eigenvalue weighted by atomic mass is 9.45. The Morgan fingerprint density at radius 2 is 1.67 bits per heavy atom. The smallest absolute Gasteiger partial charge is 0.318 e. The number of hydrogen-bond acceptors (Lipinski definition) is 5. The number of esters is 3. The van der Waals surface area contributed by atoms with Crippen LogP contribution >= 0.6 is 0 Å². The van der Waals surface area contributed by atoms with Crippen LogP contribution in [0.3, 0.4) is 0 Å². The van der Waals surface area contributed by atoms with Gasteiger partial charge in [-0.05, 0) is 36.2 Å².